The van der Waals surface area contributed by atoms with Crippen LogP contribution in [-0.2, 0) is 13.2 Å². The summed E-state index contributed by atoms with van der Waals surface area (Å²) in [6.45, 7) is 0.479. The predicted octanol–water partition coefficient (Wildman–Crippen LogP) is 1.94. The number of aromatic nitrogens is 1. The molecule has 5 heteroatoms. The molecule has 2 rings (SSSR count). The summed E-state index contributed by atoms with van der Waals surface area (Å²) in [5, 5.41) is 19.7. The lowest BCUT2D eigenvalue weighted by Gasteiger charge is -2.07. The minimum absolute atomic E-state index is 0.0398. The van der Waals surface area contributed by atoms with E-state index < -0.39 is 4.92 Å². The van der Waals surface area contributed by atoms with Gasteiger partial charge in [0, 0.05) is 30.6 Å². The Morgan fingerprint density at radius 3 is 2.82 bits per heavy atom. The fourth-order valence-corrected chi connectivity index (χ4v) is 1.71. The van der Waals surface area contributed by atoms with Gasteiger partial charge >= 0.3 is 0 Å². The zero-order chi connectivity index (χ0) is 12.3. The lowest BCUT2D eigenvalue weighted by molar-refractivity contribution is -0.384. The second-order valence-electron chi connectivity index (χ2n) is 3.71. The summed E-state index contributed by atoms with van der Waals surface area (Å²) >= 11 is 0. The van der Waals surface area contributed by atoms with Crippen LogP contribution >= 0.6 is 0 Å². The Balaban J connectivity index is 2.24. The van der Waals surface area contributed by atoms with Crippen molar-refractivity contribution in [3.63, 3.8) is 0 Å². The van der Waals surface area contributed by atoms with Crippen molar-refractivity contribution in [3.8, 4) is 0 Å². The van der Waals surface area contributed by atoms with Crippen molar-refractivity contribution < 1.29 is 10.0 Å². The quantitative estimate of drug-likeness (QED) is 0.647. The summed E-state index contributed by atoms with van der Waals surface area (Å²) in [6.07, 6.45) is 1.84. The molecule has 2 aromatic rings. The molecule has 1 aromatic carbocycles. The van der Waals surface area contributed by atoms with E-state index in [9.17, 15) is 10.1 Å². The zero-order valence-electron chi connectivity index (χ0n) is 9.11. The number of non-ortho nitro benzene ring substituents is 1. The van der Waals surface area contributed by atoms with E-state index in [1.807, 2.05) is 29.0 Å². The van der Waals surface area contributed by atoms with Crippen molar-refractivity contribution >= 4 is 5.69 Å². The fourth-order valence-electron chi connectivity index (χ4n) is 1.71. The average molecular weight is 232 g/mol. The van der Waals surface area contributed by atoms with Crippen molar-refractivity contribution in [2.45, 2.75) is 13.2 Å². The lowest BCUT2D eigenvalue weighted by Crippen LogP contribution is -2.03. The van der Waals surface area contributed by atoms with Gasteiger partial charge in [-0.1, -0.05) is 12.1 Å². The number of benzene rings is 1. The molecule has 0 atom stereocenters. The van der Waals surface area contributed by atoms with Gasteiger partial charge in [0.05, 0.1) is 11.5 Å². The molecule has 0 saturated heterocycles. The molecule has 0 aliphatic rings. The van der Waals surface area contributed by atoms with Gasteiger partial charge in [-0.05, 0) is 17.7 Å². The van der Waals surface area contributed by atoms with Gasteiger partial charge in [-0.25, -0.2) is 0 Å². The standard InChI is InChI=1S/C12H12N2O3/c15-9-12-5-2-6-13(12)8-10-3-1-4-11(7-10)14(16)17/h1-7,15H,8-9H2. The molecule has 0 fully saturated rings. The third-order valence-electron chi connectivity index (χ3n) is 2.56. The second kappa shape index (κ2) is 4.80. The molecule has 0 saturated carbocycles. The number of aliphatic hydroxyl groups excluding tert-OH is 1. The monoisotopic (exact) mass is 232 g/mol. The predicted molar refractivity (Wildman–Crippen MR) is 62.6 cm³/mol. The number of rotatable bonds is 4. The van der Waals surface area contributed by atoms with E-state index in [0.717, 1.165) is 11.3 Å². The minimum atomic E-state index is -0.411. The average Bonchev–Trinajstić information content (AvgIpc) is 2.76. The maximum absolute atomic E-state index is 10.6. The van der Waals surface area contributed by atoms with Gasteiger partial charge < -0.3 is 9.67 Å². The molecule has 0 aliphatic heterocycles. The van der Waals surface area contributed by atoms with Gasteiger partial charge in [-0.3, -0.25) is 10.1 Å². The highest BCUT2D eigenvalue weighted by atomic mass is 16.6. The Labute approximate surface area is 98.1 Å². The van der Waals surface area contributed by atoms with Gasteiger partial charge in [0.25, 0.3) is 5.69 Å². The van der Waals surface area contributed by atoms with Gasteiger partial charge in [0.2, 0.25) is 0 Å². The molecule has 0 bridgehead atoms. The highest BCUT2D eigenvalue weighted by Gasteiger charge is 2.06. The second-order valence-corrected chi connectivity index (χ2v) is 3.71. The van der Waals surface area contributed by atoms with Gasteiger partial charge in [0.15, 0.2) is 0 Å². The van der Waals surface area contributed by atoms with Crippen molar-refractivity contribution in [2.24, 2.45) is 0 Å². The molecule has 0 radical (unpaired) electrons. The van der Waals surface area contributed by atoms with Crippen molar-refractivity contribution in [1.82, 2.24) is 4.57 Å². The molecular weight excluding hydrogens is 220 g/mol. The topological polar surface area (TPSA) is 68.3 Å². The van der Waals surface area contributed by atoms with Crippen LogP contribution in [0, 0.1) is 10.1 Å². The molecule has 17 heavy (non-hydrogen) atoms. The molecule has 0 amide bonds. The molecular formula is C12H12N2O3. The van der Waals surface area contributed by atoms with Crippen LogP contribution in [0.4, 0.5) is 5.69 Å². The lowest BCUT2D eigenvalue weighted by atomic mass is 10.2. The van der Waals surface area contributed by atoms with Crippen molar-refractivity contribution in [3.05, 3.63) is 64.0 Å². The Hall–Kier alpha value is -2.14. The van der Waals surface area contributed by atoms with E-state index in [0.29, 0.717) is 6.54 Å². The first-order valence-electron chi connectivity index (χ1n) is 5.19. The first kappa shape index (κ1) is 11.3. The number of nitro groups is 1. The minimum Gasteiger partial charge on any atom is -0.390 e. The van der Waals surface area contributed by atoms with Crippen LogP contribution in [0.25, 0.3) is 0 Å². The Morgan fingerprint density at radius 2 is 2.12 bits per heavy atom. The van der Waals surface area contributed by atoms with Crippen LogP contribution < -0.4 is 0 Å². The van der Waals surface area contributed by atoms with E-state index in [1.165, 1.54) is 6.07 Å². The molecule has 1 aromatic heterocycles. The molecule has 0 spiro atoms. The maximum atomic E-state index is 10.6. The number of hydrogen-bond donors (Lipinski definition) is 1. The summed E-state index contributed by atoms with van der Waals surface area (Å²) in [6, 6.07) is 10.2. The van der Waals surface area contributed by atoms with Crippen molar-refractivity contribution in [1.29, 1.82) is 0 Å². The van der Waals surface area contributed by atoms with Crippen LogP contribution in [-0.4, -0.2) is 14.6 Å². The zero-order valence-corrected chi connectivity index (χ0v) is 9.11. The molecule has 1 N–H and O–H groups in total. The van der Waals surface area contributed by atoms with E-state index >= 15 is 0 Å². The Kier molecular flexibility index (Phi) is 3.20. The highest BCUT2D eigenvalue weighted by Crippen LogP contribution is 2.15. The SMILES string of the molecule is O=[N+]([O-])c1cccc(Cn2cccc2CO)c1. The van der Waals surface area contributed by atoms with Gasteiger partial charge in [-0.15, -0.1) is 0 Å². The van der Waals surface area contributed by atoms with Crippen LogP contribution in [0.5, 0.6) is 0 Å². The van der Waals surface area contributed by atoms with E-state index in [-0.39, 0.29) is 12.3 Å². The molecule has 0 aliphatic carbocycles. The molecule has 88 valence electrons. The van der Waals surface area contributed by atoms with Crippen LogP contribution in [0.15, 0.2) is 42.6 Å². The normalized spacial score (nSPS) is 10.4. The Morgan fingerprint density at radius 1 is 1.29 bits per heavy atom. The molecule has 1 heterocycles. The van der Waals surface area contributed by atoms with Gasteiger partial charge in [-0.2, -0.15) is 0 Å². The number of nitrogens with zero attached hydrogens (tertiary/aromatic N) is 2. The largest absolute Gasteiger partial charge is 0.390 e. The first-order chi connectivity index (χ1) is 8.20. The smallest absolute Gasteiger partial charge is 0.269 e. The summed E-state index contributed by atoms with van der Waals surface area (Å²) in [5.74, 6) is 0. The summed E-state index contributed by atoms with van der Waals surface area (Å²) in [4.78, 5) is 10.2. The van der Waals surface area contributed by atoms with E-state index in [2.05, 4.69) is 0 Å². The van der Waals surface area contributed by atoms with Crippen LogP contribution in [0.2, 0.25) is 0 Å². The van der Waals surface area contributed by atoms with Crippen molar-refractivity contribution in [2.75, 3.05) is 0 Å². The summed E-state index contributed by atoms with van der Waals surface area (Å²) in [7, 11) is 0. The van der Waals surface area contributed by atoms with Crippen LogP contribution in [0.1, 0.15) is 11.3 Å². The fraction of sp³-hybridized carbons (Fsp3) is 0.167. The Bertz CT molecular complexity index is 534. The highest BCUT2D eigenvalue weighted by molar-refractivity contribution is 5.34. The third kappa shape index (κ3) is 2.51. The summed E-state index contributed by atoms with van der Waals surface area (Å²) in [5.41, 5.74) is 1.71. The van der Waals surface area contributed by atoms with Crippen LogP contribution in [0.3, 0.4) is 0 Å². The summed E-state index contributed by atoms with van der Waals surface area (Å²) < 4.78 is 1.86. The van der Waals surface area contributed by atoms with E-state index in [1.54, 1.807) is 12.1 Å². The first-order valence-corrected chi connectivity index (χ1v) is 5.19. The number of hydrogen-bond acceptors (Lipinski definition) is 3. The maximum Gasteiger partial charge on any atom is 0.269 e. The molecule has 0 unspecified atom stereocenters. The third-order valence-corrected chi connectivity index (χ3v) is 2.56. The van der Waals surface area contributed by atoms with Gasteiger partial charge in [0.1, 0.15) is 0 Å². The number of aliphatic hydroxyl groups is 1. The van der Waals surface area contributed by atoms with E-state index in [4.69, 9.17) is 5.11 Å². The molecule has 5 nitrogen and oxygen atoms in total. The number of nitro benzene ring substituents is 1.